The van der Waals surface area contributed by atoms with Crippen LogP contribution in [0.1, 0.15) is 84.0 Å². The van der Waals surface area contributed by atoms with Crippen molar-refractivity contribution in [2.75, 3.05) is 7.11 Å². The Hall–Kier alpha value is -2.49. The largest absolute Gasteiger partial charge is 0.508 e. The summed E-state index contributed by atoms with van der Waals surface area (Å²) in [4.78, 5) is 13.0. The summed E-state index contributed by atoms with van der Waals surface area (Å²) in [5.74, 6) is 1.26. The molecule has 0 saturated heterocycles. The quantitative estimate of drug-likeness (QED) is 0.414. The fourth-order valence-corrected chi connectivity index (χ4v) is 4.52. The molecule has 0 heterocycles. The molecule has 0 aliphatic rings. The Morgan fingerprint density at radius 2 is 1.52 bits per heavy atom. The number of carbonyl (C=O) groups is 1. The number of phenolic OH excluding ortho intramolecular Hbond substituents is 1. The van der Waals surface area contributed by atoms with Crippen LogP contribution in [0.25, 0.3) is 0 Å². The Bertz CT molecular complexity index is 835. The van der Waals surface area contributed by atoms with E-state index in [9.17, 15) is 9.90 Å². The Kier molecular flexibility index (Phi) is 8.16. The van der Waals surface area contributed by atoms with E-state index in [0.29, 0.717) is 5.92 Å². The monoisotopic (exact) mass is 426 g/mol. The maximum Gasteiger partial charge on any atom is 0.312 e. The first-order chi connectivity index (χ1) is 14.5. The van der Waals surface area contributed by atoms with Gasteiger partial charge in [-0.25, -0.2) is 0 Å². The molecule has 0 radical (unpaired) electrons. The molecule has 0 aliphatic carbocycles. The van der Waals surface area contributed by atoms with Crippen LogP contribution in [0.2, 0.25) is 0 Å². The first-order valence-corrected chi connectivity index (χ1v) is 11.1. The number of ether oxygens (including phenoxy) is 2. The molecule has 31 heavy (non-hydrogen) atoms. The van der Waals surface area contributed by atoms with Crippen molar-refractivity contribution in [1.82, 2.24) is 0 Å². The third kappa shape index (κ3) is 7.02. The van der Waals surface area contributed by atoms with Crippen molar-refractivity contribution in [3.63, 3.8) is 0 Å². The second kappa shape index (κ2) is 10.2. The van der Waals surface area contributed by atoms with Gasteiger partial charge in [-0.15, -0.1) is 0 Å². The number of methoxy groups -OCH3 is 1. The summed E-state index contributed by atoms with van der Waals surface area (Å²) in [6.45, 7) is 12.5. The number of hydrogen-bond donors (Lipinski definition) is 1. The van der Waals surface area contributed by atoms with Crippen LogP contribution in [-0.2, 0) is 9.53 Å². The van der Waals surface area contributed by atoms with Crippen LogP contribution in [0.5, 0.6) is 11.5 Å². The first-order valence-electron chi connectivity index (χ1n) is 11.1. The summed E-state index contributed by atoms with van der Waals surface area (Å²) in [5, 5.41) is 9.58. The van der Waals surface area contributed by atoms with Gasteiger partial charge in [0.1, 0.15) is 17.6 Å². The van der Waals surface area contributed by atoms with Crippen molar-refractivity contribution in [1.29, 1.82) is 0 Å². The molecule has 2 atom stereocenters. The van der Waals surface area contributed by atoms with E-state index in [4.69, 9.17) is 9.47 Å². The lowest BCUT2D eigenvalue weighted by atomic mass is 9.69. The van der Waals surface area contributed by atoms with Crippen molar-refractivity contribution in [2.24, 2.45) is 10.8 Å². The number of phenols is 1. The Labute approximate surface area is 187 Å². The van der Waals surface area contributed by atoms with Crippen molar-refractivity contribution in [3.05, 3.63) is 59.7 Å². The van der Waals surface area contributed by atoms with Gasteiger partial charge in [0.2, 0.25) is 0 Å². The van der Waals surface area contributed by atoms with Gasteiger partial charge in [0.05, 0.1) is 12.5 Å². The topological polar surface area (TPSA) is 55.8 Å². The highest BCUT2D eigenvalue weighted by atomic mass is 16.5. The SMILES string of the molecule is CCC(CC(C)(C)CC(C)(C)C(=O)OC(C)c1ccc(OC)cc1)c1ccc(O)cc1. The second-order valence-corrected chi connectivity index (χ2v) is 9.95. The highest BCUT2D eigenvalue weighted by molar-refractivity contribution is 5.76. The standard InChI is InChI=1S/C27H38O4/c1-8-20(22-9-13-23(28)14-10-22)17-26(3,4)18-27(5,6)25(29)31-19(2)21-11-15-24(30-7)16-12-21/h9-16,19-20,28H,8,17-18H2,1-7H3. The van der Waals surface area contributed by atoms with Crippen molar-refractivity contribution >= 4 is 5.97 Å². The zero-order chi connectivity index (χ0) is 23.2. The molecule has 0 amide bonds. The molecule has 0 aliphatic heterocycles. The second-order valence-electron chi connectivity index (χ2n) is 9.95. The Morgan fingerprint density at radius 3 is 2.03 bits per heavy atom. The molecule has 0 bridgehead atoms. The minimum absolute atomic E-state index is 0.0512. The number of rotatable bonds is 10. The van der Waals surface area contributed by atoms with Gasteiger partial charge in [0.25, 0.3) is 0 Å². The lowest BCUT2D eigenvalue weighted by Gasteiger charge is -2.36. The van der Waals surface area contributed by atoms with Gasteiger partial charge in [-0.2, -0.15) is 0 Å². The van der Waals surface area contributed by atoms with E-state index in [0.717, 1.165) is 30.6 Å². The van der Waals surface area contributed by atoms with E-state index >= 15 is 0 Å². The van der Waals surface area contributed by atoms with Gasteiger partial charge in [0.15, 0.2) is 0 Å². The lowest BCUT2D eigenvalue weighted by Crippen LogP contribution is -2.33. The Morgan fingerprint density at radius 1 is 0.968 bits per heavy atom. The van der Waals surface area contributed by atoms with E-state index in [1.165, 1.54) is 5.56 Å². The first kappa shape index (κ1) is 24.8. The van der Waals surface area contributed by atoms with E-state index in [1.54, 1.807) is 19.2 Å². The summed E-state index contributed by atoms with van der Waals surface area (Å²) in [7, 11) is 1.63. The fraction of sp³-hybridized carbons (Fsp3) is 0.519. The average molecular weight is 427 g/mol. The number of benzene rings is 2. The summed E-state index contributed by atoms with van der Waals surface area (Å²) < 4.78 is 11.0. The summed E-state index contributed by atoms with van der Waals surface area (Å²) in [6.07, 6.45) is 2.37. The smallest absolute Gasteiger partial charge is 0.312 e. The van der Waals surface area contributed by atoms with Gasteiger partial charge >= 0.3 is 5.97 Å². The third-order valence-electron chi connectivity index (χ3n) is 6.00. The molecule has 0 aromatic heterocycles. The van der Waals surface area contributed by atoms with E-state index in [2.05, 4.69) is 20.8 Å². The van der Waals surface area contributed by atoms with E-state index in [1.807, 2.05) is 57.2 Å². The molecule has 4 heteroatoms. The maximum absolute atomic E-state index is 13.0. The van der Waals surface area contributed by atoms with Crippen molar-refractivity contribution < 1.29 is 19.4 Å². The highest BCUT2D eigenvalue weighted by Crippen LogP contribution is 2.43. The fourth-order valence-electron chi connectivity index (χ4n) is 4.52. The van der Waals surface area contributed by atoms with Gasteiger partial charge < -0.3 is 14.6 Å². The van der Waals surface area contributed by atoms with Crippen molar-refractivity contribution in [2.45, 2.75) is 72.8 Å². The van der Waals surface area contributed by atoms with E-state index in [-0.39, 0.29) is 23.2 Å². The molecular formula is C27H38O4. The minimum atomic E-state index is -0.600. The molecule has 2 aromatic carbocycles. The molecule has 0 saturated carbocycles. The molecule has 2 rings (SSSR count). The van der Waals surface area contributed by atoms with E-state index < -0.39 is 5.41 Å². The van der Waals surface area contributed by atoms with Crippen LogP contribution in [-0.4, -0.2) is 18.2 Å². The molecule has 170 valence electrons. The van der Waals surface area contributed by atoms with Crippen LogP contribution >= 0.6 is 0 Å². The number of hydrogen-bond acceptors (Lipinski definition) is 4. The van der Waals surface area contributed by atoms with Crippen LogP contribution in [0, 0.1) is 10.8 Å². The molecule has 4 nitrogen and oxygen atoms in total. The third-order valence-corrected chi connectivity index (χ3v) is 6.00. The summed E-state index contributed by atoms with van der Waals surface area (Å²) >= 11 is 0. The highest BCUT2D eigenvalue weighted by Gasteiger charge is 2.38. The summed E-state index contributed by atoms with van der Waals surface area (Å²) in [6, 6.07) is 15.1. The molecule has 2 aromatic rings. The zero-order valence-corrected chi connectivity index (χ0v) is 20.1. The molecular weight excluding hydrogens is 388 g/mol. The van der Waals surface area contributed by atoms with Gasteiger partial charge in [-0.1, -0.05) is 45.0 Å². The van der Waals surface area contributed by atoms with Gasteiger partial charge in [0, 0.05) is 0 Å². The van der Waals surface area contributed by atoms with Crippen LogP contribution in [0.3, 0.4) is 0 Å². The predicted octanol–water partition coefficient (Wildman–Crippen LogP) is 7.03. The predicted molar refractivity (Wildman–Crippen MR) is 125 cm³/mol. The molecule has 0 spiro atoms. The minimum Gasteiger partial charge on any atom is -0.508 e. The molecule has 0 fully saturated rings. The number of carbonyl (C=O) groups excluding carboxylic acids is 1. The maximum atomic E-state index is 13.0. The lowest BCUT2D eigenvalue weighted by molar-refractivity contribution is -0.161. The molecule has 2 unspecified atom stereocenters. The number of esters is 1. The van der Waals surface area contributed by atoms with Gasteiger partial charge in [-0.05, 0) is 86.8 Å². The normalized spacial score (nSPS) is 14.0. The summed E-state index contributed by atoms with van der Waals surface area (Å²) in [5.41, 5.74) is 1.52. The van der Waals surface area contributed by atoms with Crippen molar-refractivity contribution in [3.8, 4) is 11.5 Å². The average Bonchev–Trinajstić information content (AvgIpc) is 2.72. The Balaban J connectivity index is 2.03. The van der Waals surface area contributed by atoms with Crippen LogP contribution in [0.15, 0.2) is 48.5 Å². The number of aromatic hydroxyl groups is 1. The van der Waals surface area contributed by atoms with Crippen LogP contribution < -0.4 is 4.74 Å². The zero-order valence-electron chi connectivity index (χ0n) is 20.1. The van der Waals surface area contributed by atoms with Crippen LogP contribution in [0.4, 0.5) is 0 Å². The molecule has 1 N–H and O–H groups in total. The van der Waals surface area contributed by atoms with Gasteiger partial charge in [-0.3, -0.25) is 4.79 Å².